The first-order chi connectivity index (χ1) is 39.8. The van der Waals surface area contributed by atoms with E-state index in [1.54, 1.807) is 36.9 Å². The van der Waals surface area contributed by atoms with Crippen LogP contribution in [0.2, 0.25) is 0 Å². The number of anilines is 1. The van der Waals surface area contributed by atoms with Crippen molar-refractivity contribution >= 4 is 105 Å². The molecule has 6 fully saturated rings. The van der Waals surface area contributed by atoms with Crippen LogP contribution in [-0.4, -0.2) is 131 Å². The fourth-order valence-electron chi connectivity index (χ4n) is 14.4. The van der Waals surface area contributed by atoms with Gasteiger partial charge in [0.05, 0.1) is 11.4 Å². The summed E-state index contributed by atoms with van der Waals surface area (Å²) in [6.45, 7) is 14.6. The number of carbonyl (C=O) groups is 6. The van der Waals surface area contributed by atoms with Gasteiger partial charge in [-0.2, -0.15) is 9.36 Å². The van der Waals surface area contributed by atoms with Crippen LogP contribution in [0.25, 0.3) is 11.3 Å². The molecule has 83 heavy (non-hydrogen) atoms. The Morgan fingerprint density at radius 2 is 1.76 bits per heavy atom. The molecule has 0 spiro atoms. The lowest BCUT2D eigenvalue weighted by Gasteiger charge is -2.62. The molecule has 0 radical (unpaired) electrons. The zero-order valence-corrected chi connectivity index (χ0v) is 51.7. The van der Waals surface area contributed by atoms with Crippen LogP contribution in [0.15, 0.2) is 86.9 Å². The van der Waals surface area contributed by atoms with Gasteiger partial charge in [0.2, 0.25) is 11.5 Å². The monoisotopic (exact) mass is 1220 g/mol. The van der Waals surface area contributed by atoms with Gasteiger partial charge in [0.25, 0.3) is 11.8 Å². The number of aryl methyl sites for hydroxylation is 1. The molecule has 440 valence electrons. The lowest BCUT2D eigenvalue weighted by molar-refractivity contribution is -0.671. The molecule has 24 heteroatoms. The van der Waals surface area contributed by atoms with E-state index in [2.05, 4.69) is 59.1 Å². The van der Waals surface area contributed by atoms with E-state index in [0.717, 1.165) is 48.5 Å². The Morgan fingerprint density at radius 1 is 1.01 bits per heavy atom. The van der Waals surface area contributed by atoms with Gasteiger partial charge in [0.15, 0.2) is 21.9 Å². The summed E-state index contributed by atoms with van der Waals surface area (Å²) in [6, 6.07) is 10.2. The first kappa shape index (κ1) is 59.1. The van der Waals surface area contributed by atoms with Crippen molar-refractivity contribution in [3.8, 4) is 17.0 Å². The normalized spacial score (nSPS) is 32.1. The van der Waals surface area contributed by atoms with E-state index in [1.165, 1.54) is 64.7 Å². The maximum atomic E-state index is 15.2. The highest BCUT2D eigenvalue weighted by molar-refractivity contribution is 8.07. The molecule has 4 aromatic rings. The predicted octanol–water partition coefficient (Wildman–Crippen LogP) is 8.25. The SMILES string of the molecule is C=C[C@@]1(C)C[C@H](OC(=O)CSC2CC3CCC(C2)N3C)[C@@]2(C)C(C)CCC3(CCC(=O)C32)[C@H](C)[C@H]1OC(=O)c1ccccc1OC(=O)C1=C(Sc2nc(-c3cc[n+](C)cc3)cs2)CS[C@@H]2[C@H](NC(=O)C(=NOCC)c3nsc(N)n3)C(=O)N12. The number of ketones is 1. The molecule has 1 aromatic carbocycles. The van der Waals surface area contributed by atoms with E-state index in [0.29, 0.717) is 39.4 Å². The molecule has 2 amide bonds. The average Bonchev–Trinajstić information content (AvgIpc) is 2.51. The molecule has 3 aromatic heterocycles. The second-order valence-electron chi connectivity index (χ2n) is 23.6. The van der Waals surface area contributed by atoms with Gasteiger partial charge in [0.1, 0.15) is 60.1 Å². The van der Waals surface area contributed by atoms with E-state index >= 15 is 9.59 Å². The summed E-state index contributed by atoms with van der Waals surface area (Å²) in [5, 5.41) is 8.31. The minimum Gasteiger partial charge on any atom is -0.461 e. The number of aromatic nitrogens is 4. The van der Waals surface area contributed by atoms with E-state index in [1.807, 2.05) is 48.4 Å². The third-order valence-corrected chi connectivity index (χ3v) is 24.4. The molecule has 19 nitrogen and oxygen atoms in total. The van der Waals surface area contributed by atoms with Crippen LogP contribution < -0.4 is 20.4 Å². The van der Waals surface area contributed by atoms with Crippen molar-refractivity contribution in [1.29, 1.82) is 0 Å². The van der Waals surface area contributed by atoms with Crippen LogP contribution in [0.3, 0.4) is 0 Å². The van der Waals surface area contributed by atoms with Gasteiger partial charge in [0, 0.05) is 91.7 Å². The van der Waals surface area contributed by atoms with Crippen LogP contribution in [0, 0.1) is 34.0 Å². The Kier molecular flexibility index (Phi) is 16.8. The molecule has 3 N–H and O–H groups in total. The number of pyridine rings is 1. The highest BCUT2D eigenvalue weighted by Gasteiger charge is 2.69. The second-order valence-corrected chi connectivity index (χ2v) is 29.0. The summed E-state index contributed by atoms with van der Waals surface area (Å²) >= 11 is 6.49. The van der Waals surface area contributed by atoms with Crippen LogP contribution in [-0.2, 0) is 45.3 Å². The topological polar surface area (TPSA) is 239 Å². The molecular formula is C59H70N9O10S5+. The van der Waals surface area contributed by atoms with Crippen molar-refractivity contribution < 1.29 is 52.4 Å². The van der Waals surface area contributed by atoms with Crippen LogP contribution in [0.1, 0.15) is 109 Å². The zero-order valence-electron chi connectivity index (χ0n) is 47.6. The number of β-lactam (4-membered cyclic amide) rings is 1. The number of thiazole rings is 1. The molecule has 3 saturated heterocycles. The number of para-hydroxylation sites is 1. The van der Waals surface area contributed by atoms with E-state index in [-0.39, 0.29) is 81.8 Å². The molecule has 7 aliphatic rings. The number of hydrogen-bond donors (Lipinski definition) is 2. The number of nitrogen functional groups attached to an aromatic ring is 1. The largest absolute Gasteiger partial charge is 0.461 e. The van der Waals surface area contributed by atoms with Gasteiger partial charge >= 0.3 is 17.9 Å². The number of hydrogen-bond acceptors (Lipinski definition) is 21. The minimum atomic E-state index is -1.11. The van der Waals surface area contributed by atoms with Gasteiger partial charge in [-0.3, -0.25) is 24.1 Å². The van der Waals surface area contributed by atoms with E-state index < -0.39 is 69.5 Å². The number of oxime groups is 1. The molecular weight excluding hydrogens is 1160 g/mol. The Balaban J connectivity index is 0.873. The Morgan fingerprint density at radius 3 is 2.47 bits per heavy atom. The summed E-state index contributed by atoms with van der Waals surface area (Å²) in [4.78, 5) is 106. The summed E-state index contributed by atoms with van der Waals surface area (Å²) < 4.78 is 26.5. The smallest absolute Gasteiger partial charge is 0.361 e. The number of benzene rings is 1. The number of nitrogens with two attached hydrogens (primary N) is 1. The summed E-state index contributed by atoms with van der Waals surface area (Å²) in [5.74, 6) is -3.73. The number of nitrogens with one attached hydrogen (secondary N) is 1. The average molecular weight is 1230 g/mol. The number of ether oxygens (including phenoxy) is 3. The van der Waals surface area contributed by atoms with E-state index in [4.69, 9.17) is 29.8 Å². The highest BCUT2D eigenvalue weighted by Crippen LogP contribution is 2.68. The Labute approximate surface area is 503 Å². The van der Waals surface area contributed by atoms with Crippen molar-refractivity contribution in [1.82, 2.24) is 29.5 Å². The van der Waals surface area contributed by atoms with Crippen molar-refractivity contribution in [2.75, 3.05) is 30.9 Å². The maximum absolute atomic E-state index is 15.2. The van der Waals surface area contributed by atoms with Crippen molar-refractivity contribution in [2.24, 2.45) is 46.2 Å². The molecule has 3 saturated carbocycles. The maximum Gasteiger partial charge on any atom is 0.361 e. The number of fused-ring (bicyclic) bond motifs is 3. The van der Waals surface area contributed by atoms with Crippen molar-refractivity contribution in [2.45, 2.75) is 138 Å². The zero-order chi connectivity index (χ0) is 58.7. The number of rotatable bonds is 17. The molecule has 11 rings (SSSR count). The predicted molar refractivity (Wildman–Crippen MR) is 319 cm³/mol. The number of nitrogens with zero attached hydrogens (tertiary/aromatic N) is 7. The molecule has 12 atom stereocenters. The molecule has 7 heterocycles. The minimum absolute atomic E-state index is 0.0441. The van der Waals surface area contributed by atoms with Crippen LogP contribution >= 0.6 is 58.2 Å². The first-order valence-corrected chi connectivity index (χ1v) is 32.9. The number of amides is 2. The Bertz CT molecular complexity index is 3290. The summed E-state index contributed by atoms with van der Waals surface area (Å²) in [6.07, 6.45) is 11.3. The summed E-state index contributed by atoms with van der Waals surface area (Å²) in [7, 11) is 4.13. The number of esters is 3. The first-order valence-electron chi connectivity index (χ1n) is 28.4. The van der Waals surface area contributed by atoms with Gasteiger partial charge in [-0.15, -0.1) is 41.4 Å². The van der Waals surface area contributed by atoms with Crippen LogP contribution in [0.4, 0.5) is 5.13 Å². The number of thioether (sulfide) groups is 3. The van der Waals surface area contributed by atoms with E-state index in [9.17, 15) is 19.2 Å². The second kappa shape index (κ2) is 23.7. The van der Waals surface area contributed by atoms with Crippen molar-refractivity contribution in [3.63, 3.8) is 0 Å². The Hall–Kier alpha value is -5.66. The molecule has 4 bridgehead atoms. The van der Waals surface area contributed by atoms with Gasteiger partial charge in [-0.05, 0) is 88.8 Å². The summed E-state index contributed by atoms with van der Waals surface area (Å²) in [5.41, 5.74) is 4.83. The highest BCUT2D eigenvalue weighted by atomic mass is 32.2. The lowest BCUT2D eigenvalue weighted by atomic mass is 9.44. The lowest BCUT2D eigenvalue weighted by Crippen LogP contribution is -2.71. The number of Topliss-reactive ketones (excluding diaryl/α,β-unsaturated/α-hetero) is 1. The van der Waals surface area contributed by atoms with Crippen LogP contribution in [0.5, 0.6) is 5.75 Å². The van der Waals surface area contributed by atoms with Gasteiger partial charge in [-0.1, -0.05) is 62.8 Å². The van der Waals surface area contributed by atoms with Gasteiger partial charge < -0.3 is 35.0 Å². The third-order valence-electron chi connectivity index (χ3n) is 19.1. The third kappa shape index (κ3) is 10.9. The quantitative estimate of drug-likeness (QED) is 0.0192. The number of piperidine rings is 1. The van der Waals surface area contributed by atoms with Crippen molar-refractivity contribution in [3.05, 3.63) is 88.8 Å². The fraction of sp³-hybridized carbons (Fsp3) is 0.542. The standard InChI is InChI=1S/C59H69N9O10S5/c1-9-57(5)27-42(77-43(70)30-79-36-25-34-15-16-35(26-36)67(34)8)58(6)31(3)17-21-59(22-18-39(69)47(58)59)32(4)48(57)78-53(73)37-13-11-12-14-40(37)76-54(74)46-41(82-56-61-38(28-81-56)33-19-23-66(7)24-20-33)29-80-52-45(51(72)68(46)52)62-50(71)44(64-75-10-2)49-63-55(60)83-65-49/h9,11-14,19-20,23-24,28,31-32,34-36,42,45,47-48,52H,1,10,15-18,21-22,25-27,29-30H2,2-8H3,(H2-,60,62,63,65,71)/p+1/t31?,32-,34?,35?,36?,42+,45-,47?,48-,52-,57+,58-,59?/m1/s1. The number of carbonyl (C=O) groups excluding carboxylic acids is 6. The molecule has 4 aliphatic heterocycles. The molecule has 5 unspecified atom stereocenters. The fourth-order valence-corrected chi connectivity index (χ4v) is 19.4. The van der Waals surface area contributed by atoms with Gasteiger partial charge in [-0.25, -0.2) is 19.1 Å². The molecule has 3 aliphatic carbocycles.